The van der Waals surface area contributed by atoms with Gasteiger partial charge in [0.25, 0.3) is 0 Å². The summed E-state index contributed by atoms with van der Waals surface area (Å²) in [5, 5.41) is 8.84. The minimum Gasteiger partial charge on any atom is -0.457 e. The van der Waals surface area contributed by atoms with Crippen molar-refractivity contribution < 1.29 is 13.7 Å². The fourth-order valence-electron chi connectivity index (χ4n) is 1.99. The van der Waals surface area contributed by atoms with E-state index in [4.69, 9.17) is 10.00 Å². The van der Waals surface area contributed by atoms with Gasteiger partial charge in [0.15, 0.2) is 0 Å². The number of rotatable bonds is 5. The lowest BCUT2D eigenvalue weighted by atomic mass is 10.1. The van der Waals surface area contributed by atoms with E-state index >= 15 is 0 Å². The molecule has 0 bridgehead atoms. The zero-order valence-electron chi connectivity index (χ0n) is 12.1. The normalized spacial score (nSPS) is 11.5. The number of hydrogen-bond acceptors (Lipinski definition) is 4. The number of nitrogens with zero attached hydrogens (tertiary/aromatic N) is 1. The number of hydrogen-bond donors (Lipinski definition) is 0. The van der Waals surface area contributed by atoms with Crippen LogP contribution < -0.4 is 0 Å². The third kappa shape index (κ3) is 4.54. The number of esters is 1. The summed E-state index contributed by atoms with van der Waals surface area (Å²) < 4.78 is 16.5. The second-order valence-electron chi connectivity index (χ2n) is 4.81. The molecule has 0 aliphatic heterocycles. The zero-order valence-corrected chi connectivity index (χ0v) is 12.9. The van der Waals surface area contributed by atoms with E-state index in [1.807, 2.05) is 12.1 Å². The molecule has 5 heteroatoms. The Morgan fingerprint density at radius 1 is 1.18 bits per heavy atom. The van der Waals surface area contributed by atoms with Gasteiger partial charge in [-0.15, -0.1) is 0 Å². The van der Waals surface area contributed by atoms with Crippen molar-refractivity contribution in [1.29, 1.82) is 5.26 Å². The molecule has 0 fully saturated rings. The summed E-state index contributed by atoms with van der Waals surface area (Å²) in [5.41, 5.74) is 2.56. The Bertz CT molecular complexity index is 750. The van der Waals surface area contributed by atoms with Gasteiger partial charge in [-0.3, -0.25) is 4.21 Å². The fraction of sp³-hybridized carbons (Fsp3) is 0.176. The van der Waals surface area contributed by atoms with Crippen LogP contribution in [0.25, 0.3) is 0 Å². The van der Waals surface area contributed by atoms with Gasteiger partial charge in [0.1, 0.15) is 6.61 Å². The molecule has 0 aliphatic rings. The van der Waals surface area contributed by atoms with Gasteiger partial charge in [-0.1, -0.05) is 24.3 Å². The summed E-state index contributed by atoms with van der Waals surface area (Å²) in [6, 6.07) is 15.9. The Morgan fingerprint density at radius 3 is 2.64 bits per heavy atom. The van der Waals surface area contributed by atoms with Crippen molar-refractivity contribution in [3.63, 3.8) is 0 Å². The van der Waals surface area contributed by atoms with Crippen LogP contribution >= 0.6 is 0 Å². The molecule has 0 saturated carbocycles. The zero-order chi connectivity index (χ0) is 15.9. The highest BCUT2D eigenvalue weighted by Gasteiger charge is 2.09. The number of nitriles is 1. The summed E-state index contributed by atoms with van der Waals surface area (Å²) in [4.78, 5) is 12.0. The Labute approximate surface area is 131 Å². The van der Waals surface area contributed by atoms with Gasteiger partial charge in [0.05, 0.1) is 17.2 Å². The van der Waals surface area contributed by atoms with Crippen molar-refractivity contribution in [2.75, 3.05) is 6.26 Å². The van der Waals surface area contributed by atoms with E-state index in [1.165, 1.54) is 0 Å². The molecule has 22 heavy (non-hydrogen) atoms. The molecular formula is C17H15NO3S. The lowest BCUT2D eigenvalue weighted by molar-refractivity contribution is 0.0472. The molecule has 112 valence electrons. The lowest BCUT2D eigenvalue weighted by Crippen LogP contribution is -2.06. The second kappa shape index (κ2) is 7.53. The van der Waals surface area contributed by atoms with Crippen molar-refractivity contribution in [2.45, 2.75) is 12.4 Å². The van der Waals surface area contributed by atoms with E-state index in [1.54, 1.807) is 48.7 Å². The van der Waals surface area contributed by atoms with Crippen LogP contribution in [-0.2, 0) is 27.9 Å². The van der Waals surface area contributed by atoms with E-state index in [2.05, 4.69) is 0 Å². The maximum Gasteiger partial charge on any atom is 0.338 e. The molecule has 0 N–H and O–H groups in total. The molecule has 1 atom stereocenters. The summed E-state index contributed by atoms with van der Waals surface area (Å²) in [7, 11) is -0.958. The van der Waals surface area contributed by atoms with Gasteiger partial charge < -0.3 is 4.74 Å². The molecule has 1 unspecified atom stereocenters. The van der Waals surface area contributed by atoms with Crippen LogP contribution in [0.3, 0.4) is 0 Å². The number of carbonyl (C=O) groups is 1. The Balaban J connectivity index is 2.03. The Kier molecular flexibility index (Phi) is 5.45. The molecule has 2 aromatic carbocycles. The standard InChI is InChI=1S/C17H15NO3S/c1-22(20)12-15-6-3-7-16(9-15)17(19)21-11-14-5-2-4-13(8-14)10-18/h2-9H,11-12H2,1H3. The third-order valence-electron chi connectivity index (χ3n) is 2.96. The Morgan fingerprint density at radius 2 is 1.91 bits per heavy atom. The van der Waals surface area contributed by atoms with E-state index in [0.29, 0.717) is 16.9 Å². The van der Waals surface area contributed by atoms with Gasteiger partial charge in [-0.2, -0.15) is 5.26 Å². The first-order chi connectivity index (χ1) is 10.6. The van der Waals surface area contributed by atoms with Crippen molar-refractivity contribution >= 4 is 16.8 Å². The van der Waals surface area contributed by atoms with Gasteiger partial charge in [0.2, 0.25) is 0 Å². The first kappa shape index (κ1) is 15.9. The summed E-state index contributed by atoms with van der Waals surface area (Å²) >= 11 is 0. The first-order valence-electron chi connectivity index (χ1n) is 6.63. The van der Waals surface area contributed by atoms with Gasteiger partial charge in [0, 0.05) is 22.8 Å². The molecule has 0 aliphatic carbocycles. The number of carbonyl (C=O) groups excluding carboxylic acids is 1. The fourth-order valence-corrected chi connectivity index (χ4v) is 2.63. The predicted molar refractivity (Wildman–Crippen MR) is 84.5 cm³/mol. The van der Waals surface area contributed by atoms with Gasteiger partial charge in [-0.25, -0.2) is 4.79 Å². The molecule has 0 aromatic heterocycles. The first-order valence-corrected chi connectivity index (χ1v) is 8.36. The summed E-state index contributed by atoms with van der Waals surface area (Å²) in [5.74, 6) is -0.0307. The van der Waals surface area contributed by atoms with E-state index in [9.17, 15) is 9.00 Å². The van der Waals surface area contributed by atoms with E-state index in [-0.39, 0.29) is 6.61 Å². The van der Waals surface area contributed by atoms with Crippen LogP contribution in [-0.4, -0.2) is 16.4 Å². The second-order valence-corrected chi connectivity index (χ2v) is 6.24. The molecule has 0 radical (unpaired) electrons. The van der Waals surface area contributed by atoms with Gasteiger partial charge in [-0.05, 0) is 35.4 Å². The Hall–Kier alpha value is -2.45. The minimum atomic E-state index is -0.958. The predicted octanol–water partition coefficient (Wildman–Crippen LogP) is 2.79. The maximum atomic E-state index is 12.0. The van der Waals surface area contributed by atoms with Crippen LogP contribution in [0.5, 0.6) is 0 Å². The maximum absolute atomic E-state index is 12.0. The number of ether oxygens (including phenoxy) is 1. The third-order valence-corrected chi connectivity index (χ3v) is 3.70. The van der Waals surface area contributed by atoms with Crippen molar-refractivity contribution in [3.05, 3.63) is 70.8 Å². The molecule has 0 saturated heterocycles. The van der Waals surface area contributed by atoms with Crippen LogP contribution in [0.15, 0.2) is 48.5 Å². The molecule has 0 spiro atoms. The van der Waals surface area contributed by atoms with Crippen molar-refractivity contribution in [2.24, 2.45) is 0 Å². The highest BCUT2D eigenvalue weighted by atomic mass is 32.2. The molecule has 2 aromatic rings. The topological polar surface area (TPSA) is 67.2 Å². The SMILES string of the molecule is CS(=O)Cc1cccc(C(=O)OCc2cccc(C#N)c2)c1. The largest absolute Gasteiger partial charge is 0.457 e. The number of benzene rings is 2. The minimum absolute atomic E-state index is 0.109. The average molecular weight is 313 g/mol. The molecule has 2 rings (SSSR count). The molecule has 0 amide bonds. The monoisotopic (exact) mass is 313 g/mol. The van der Waals surface area contributed by atoms with Crippen molar-refractivity contribution in [1.82, 2.24) is 0 Å². The average Bonchev–Trinajstić information content (AvgIpc) is 2.52. The van der Waals surface area contributed by atoms with Crippen LogP contribution in [0, 0.1) is 11.3 Å². The van der Waals surface area contributed by atoms with Crippen LogP contribution in [0.2, 0.25) is 0 Å². The van der Waals surface area contributed by atoms with Crippen LogP contribution in [0.1, 0.15) is 27.0 Å². The smallest absolute Gasteiger partial charge is 0.338 e. The summed E-state index contributed by atoms with van der Waals surface area (Å²) in [6.07, 6.45) is 1.62. The van der Waals surface area contributed by atoms with E-state index in [0.717, 1.165) is 11.1 Å². The molecular weight excluding hydrogens is 298 g/mol. The summed E-state index contributed by atoms with van der Waals surface area (Å²) in [6.45, 7) is 0.109. The lowest BCUT2D eigenvalue weighted by Gasteiger charge is -2.06. The highest BCUT2D eigenvalue weighted by molar-refractivity contribution is 7.83. The van der Waals surface area contributed by atoms with E-state index < -0.39 is 16.8 Å². The van der Waals surface area contributed by atoms with Crippen molar-refractivity contribution in [3.8, 4) is 6.07 Å². The molecule has 0 heterocycles. The van der Waals surface area contributed by atoms with Gasteiger partial charge >= 0.3 is 5.97 Å². The van der Waals surface area contributed by atoms with Crippen LogP contribution in [0.4, 0.5) is 0 Å². The molecule has 4 nitrogen and oxygen atoms in total. The highest BCUT2D eigenvalue weighted by Crippen LogP contribution is 2.11. The quantitative estimate of drug-likeness (QED) is 0.796.